The lowest BCUT2D eigenvalue weighted by atomic mass is 10.0. The minimum atomic E-state index is -4.83. The molecule has 0 atom stereocenters. The molecule has 0 radical (unpaired) electrons. The zero-order valence-electron chi connectivity index (χ0n) is 27.6. The zero-order chi connectivity index (χ0) is 39.8. The molecule has 6 aromatic rings. The summed E-state index contributed by atoms with van der Waals surface area (Å²) in [5.41, 5.74) is 7.02. The zero-order valence-corrected chi connectivity index (χ0v) is 30.0. The highest BCUT2D eigenvalue weighted by atomic mass is 32.2. The number of phenols is 3. The molecule has 55 heavy (non-hydrogen) atoms. The monoisotopic (exact) mass is 811 g/mol. The maximum absolute atomic E-state index is 12.1. The number of hydrogen-bond donors (Lipinski definition) is 8. The number of aryl methyl sites for hydroxylation is 1. The van der Waals surface area contributed by atoms with Crippen molar-refractivity contribution in [2.24, 2.45) is 20.5 Å². The molecule has 0 unspecified atom stereocenters. The van der Waals surface area contributed by atoms with Crippen LogP contribution in [0.15, 0.2) is 114 Å². The van der Waals surface area contributed by atoms with E-state index in [2.05, 4.69) is 34.9 Å². The Bertz CT molecular complexity index is 2780. The Morgan fingerprint density at radius 1 is 0.745 bits per heavy atom. The van der Waals surface area contributed by atoms with Crippen LogP contribution in [0.5, 0.6) is 23.1 Å². The Kier molecular flexibility index (Phi) is 10.5. The molecule has 0 aliphatic heterocycles. The molecule has 20 nitrogen and oxygen atoms in total. The smallest absolute Gasteiger partial charge is 0.295 e. The summed E-state index contributed by atoms with van der Waals surface area (Å²) in [5, 5.41) is 74.9. The Hall–Kier alpha value is -6.18. The second-order valence-electron chi connectivity index (χ2n) is 11.3. The van der Waals surface area contributed by atoms with Crippen molar-refractivity contribution in [1.29, 1.82) is 0 Å². The van der Waals surface area contributed by atoms with Crippen LogP contribution >= 0.6 is 12.0 Å². The highest BCUT2D eigenvalue weighted by Crippen LogP contribution is 2.46. The summed E-state index contributed by atoms with van der Waals surface area (Å²) in [5.74, 6) is -1.72. The van der Waals surface area contributed by atoms with Crippen LogP contribution in [-0.2, 0) is 29.6 Å². The Morgan fingerprint density at radius 3 is 1.85 bits per heavy atom. The average molecular weight is 812 g/mol. The minimum Gasteiger partial charge on any atom is -0.506 e. The van der Waals surface area contributed by atoms with E-state index < -0.39 is 36.8 Å². The number of hydrogen-bond acceptors (Lipinski definition) is 18. The lowest BCUT2D eigenvalue weighted by Crippen LogP contribution is -2.02. The maximum atomic E-state index is 12.1. The summed E-state index contributed by atoms with van der Waals surface area (Å²) in [6.45, 7) is 1.54. The number of azo groups is 2. The average Bonchev–Trinajstić information content (AvgIpc) is 3.41. The van der Waals surface area contributed by atoms with Crippen LogP contribution in [0.2, 0.25) is 0 Å². The first-order chi connectivity index (χ1) is 26.0. The normalized spacial score (nSPS) is 12.4. The number of anilines is 1. The SMILES string of the molecule is Cc1nn(-c2ccc(S(=O)(=O)O)cc2)c(O)c1N=Nc1ccc(-c2ccc(N=Nc3ccc4c(S(=O)(=O)O)cc(SOOO)c(N)c4c3O)c(O)c2)cc1O. The van der Waals surface area contributed by atoms with Crippen molar-refractivity contribution in [1.82, 2.24) is 9.78 Å². The molecule has 0 fully saturated rings. The van der Waals surface area contributed by atoms with E-state index in [9.17, 15) is 46.4 Å². The minimum absolute atomic E-state index is 0.0157. The topological polar surface area (TPSA) is 322 Å². The van der Waals surface area contributed by atoms with E-state index in [0.717, 1.165) is 22.9 Å². The fourth-order valence-corrected chi connectivity index (χ4v) is 6.95. The van der Waals surface area contributed by atoms with Gasteiger partial charge in [-0.15, -0.1) is 24.8 Å². The predicted molar refractivity (Wildman–Crippen MR) is 194 cm³/mol. The molecule has 5 aromatic carbocycles. The van der Waals surface area contributed by atoms with Gasteiger partial charge in [-0.05, 0) is 78.7 Å². The van der Waals surface area contributed by atoms with Crippen molar-refractivity contribution >= 4 is 71.5 Å². The number of nitrogens with two attached hydrogens (primary N) is 1. The van der Waals surface area contributed by atoms with Gasteiger partial charge >= 0.3 is 0 Å². The lowest BCUT2D eigenvalue weighted by molar-refractivity contribution is -0.432. The first kappa shape index (κ1) is 38.5. The van der Waals surface area contributed by atoms with Gasteiger partial charge < -0.3 is 26.2 Å². The third-order valence-corrected chi connectivity index (χ3v) is 10.3. The Morgan fingerprint density at radius 2 is 1.31 bits per heavy atom. The van der Waals surface area contributed by atoms with Crippen molar-refractivity contribution in [2.75, 3.05) is 5.73 Å². The van der Waals surface area contributed by atoms with Gasteiger partial charge in [0.15, 0.2) is 11.4 Å². The molecule has 0 aliphatic rings. The van der Waals surface area contributed by atoms with Crippen LogP contribution in [0.1, 0.15) is 5.69 Å². The van der Waals surface area contributed by atoms with Gasteiger partial charge in [0.1, 0.15) is 33.5 Å². The highest BCUT2D eigenvalue weighted by Gasteiger charge is 2.23. The van der Waals surface area contributed by atoms with Crippen molar-refractivity contribution in [2.45, 2.75) is 21.6 Å². The predicted octanol–water partition coefficient (Wildman–Crippen LogP) is 7.16. The van der Waals surface area contributed by atoms with Gasteiger partial charge in [0.25, 0.3) is 20.2 Å². The number of phenolic OH excluding ortho intramolecular Hbond substituents is 3. The number of aromatic nitrogens is 2. The number of aromatic hydroxyl groups is 4. The summed E-state index contributed by atoms with van der Waals surface area (Å²) in [4.78, 5) is -1.13. The molecule has 0 amide bonds. The third kappa shape index (κ3) is 7.89. The summed E-state index contributed by atoms with van der Waals surface area (Å²) in [6, 6.07) is 16.9. The summed E-state index contributed by atoms with van der Waals surface area (Å²) in [7, 11) is -9.25. The molecule has 0 spiro atoms. The van der Waals surface area contributed by atoms with Gasteiger partial charge in [-0.1, -0.05) is 23.2 Å². The quantitative estimate of drug-likeness (QED) is 0.0161. The fraction of sp³-hybridized carbons (Fsp3) is 0.0312. The molecule has 9 N–H and O–H groups in total. The molecule has 6 rings (SSSR count). The Balaban J connectivity index is 1.23. The molecular formula is C32H25N7O13S3. The van der Waals surface area contributed by atoms with E-state index in [4.69, 9.17) is 11.0 Å². The van der Waals surface area contributed by atoms with Crippen LogP contribution in [-0.4, -0.2) is 61.4 Å². The molecule has 1 heterocycles. The van der Waals surface area contributed by atoms with Crippen LogP contribution in [0, 0.1) is 6.92 Å². The molecule has 0 saturated carbocycles. The van der Waals surface area contributed by atoms with Gasteiger partial charge in [0, 0.05) is 5.39 Å². The summed E-state index contributed by atoms with van der Waals surface area (Å²) in [6.07, 6.45) is 0. The van der Waals surface area contributed by atoms with Gasteiger partial charge in [0.2, 0.25) is 5.88 Å². The molecular weight excluding hydrogens is 787 g/mol. The van der Waals surface area contributed by atoms with Crippen LogP contribution in [0.3, 0.4) is 0 Å². The van der Waals surface area contributed by atoms with E-state index in [1.165, 1.54) is 48.5 Å². The first-order valence-electron chi connectivity index (χ1n) is 15.0. The molecule has 0 saturated heterocycles. The largest absolute Gasteiger partial charge is 0.506 e. The van der Waals surface area contributed by atoms with E-state index in [0.29, 0.717) is 23.2 Å². The fourth-order valence-electron chi connectivity index (χ4n) is 5.22. The molecule has 284 valence electrons. The maximum Gasteiger partial charge on any atom is 0.295 e. The van der Waals surface area contributed by atoms with Gasteiger partial charge in [-0.3, -0.25) is 9.11 Å². The second-order valence-corrected chi connectivity index (χ2v) is 14.8. The van der Waals surface area contributed by atoms with E-state index in [1.807, 2.05) is 0 Å². The first-order valence-corrected chi connectivity index (χ1v) is 18.7. The Labute approximate surface area is 313 Å². The van der Waals surface area contributed by atoms with E-state index in [1.54, 1.807) is 19.1 Å². The molecule has 23 heteroatoms. The number of nitrogen functional groups attached to an aromatic ring is 1. The summed E-state index contributed by atoms with van der Waals surface area (Å²) >= 11 is 0.296. The molecule has 0 aliphatic carbocycles. The number of nitrogens with zero attached hydrogens (tertiary/aromatic N) is 6. The summed E-state index contributed by atoms with van der Waals surface area (Å²) < 4.78 is 71.1. The number of rotatable bonds is 11. The van der Waals surface area contributed by atoms with Crippen molar-refractivity contribution < 1.29 is 61.0 Å². The lowest BCUT2D eigenvalue weighted by Gasteiger charge is -2.13. The highest BCUT2D eigenvalue weighted by molar-refractivity contribution is 7.94. The van der Waals surface area contributed by atoms with Crippen molar-refractivity contribution in [3.8, 4) is 39.9 Å². The standard InChI is InChI=1S/C32H25N7O13S3/c1-15-30(32(43)39(38-15)18-4-6-19(7-5-18)54(45,46)47)37-35-22-10-3-17(13-25(22)41)16-2-9-21(24(40)12-16)34-36-23-11-8-20-27(55(48,49)50)14-26(53-52-51-44)29(33)28(20)31(23)42/h2-14,40-44H,33H2,1H3,(H,45,46,47)(H,48,49,50). The molecule has 0 bridgehead atoms. The van der Waals surface area contributed by atoms with Gasteiger partial charge in [0.05, 0.1) is 44.3 Å². The second kappa shape index (κ2) is 14.9. The molecule has 1 aromatic heterocycles. The van der Waals surface area contributed by atoms with Crippen LogP contribution in [0.25, 0.3) is 27.6 Å². The van der Waals surface area contributed by atoms with Gasteiger partial charge in [-0.2, -0.15) is 26.6 Å². The third-order valence-electron chi connectivity index (χ3n) is 7.84. The van der Waals surface area contributed by atoms with Crippen molar-refractivity contribution in [3.63, 3.8) is 0 Å². The van der Waals surface area contributed by atoms with E-state index in [-0.39, 0.29) is 71.9 Å². The van der Waals surface area contributed by atoms with Crippen LogP contribution < -0.4 is 5.73 Å². The van der Waals surface area contributed by atoms with E-state index >= 15 is 0 Å². The van der Waals surface area contributed by atoms with Gasteiger partial charge in [-0.25, -0.2) is 5.26 Å². The number of benzene rings is 5. The van der Waals surface area contributed by atoms with Crippen molar-refractivity contribution in [3.05, 3.63) is 84.6 Å². The van der Waals surface area contributed by atoms with Crippen LogP contribution in [0.4, 0.5) is 28.4 Å². The number of fused-ring (bicyclic) bond motifs is 1.